The number of carbonyl (C=O) groups is 3. The van der Waals surface area contributed by atoms with E-state index in [0.717, 1.165) is 135 Å². The highest BCUT2D eigenvalue weighted by atomic mass is 16.6. The molecule has 0 saturated heterocycles. The van der Waals surface area contributed by atoms with Crippen LogP contribution in [0, 0.1) is 0 Å². The van der Waals surface area contributed by atoms with Crippen molar-refractivity contribution in [3.05, 3.63) is 146 Å². The SMILES string of the molecule is CC/C=C\C/C=C\C/C=C\C/C=C\C/C=C\C/C=C\CCCCC(=O)OC(COC(=O)CCCCCCC/C=C\CCCCC)COC(=O)CCCCCCCCCCCCCCCCC/C=C\C/C=C\C/C=C\C/C=C\C/C=C\CC. The van der Waals surface area contributed by atoms with Gasteiger partial charge in [-0.2, -0.15) is 0 Å². The fraction of sp³-hybridized carbons (Fsp3) is 0.645. The maximum absolute atomic E-state index is 12.9. The molecule has 6 nitrogen and oxygen atoms in total. The van der Waals surface area contributed by atoms with Gasteiger partial charge < -0.3 is 14.2 Å². The molecule has 0 rings (SSSR count). The van der Waals surface area contributed by atoms with E-state index in [9.17, 15) is 14.4 Å². The lowest BCUT2D eigenvalue weighted by molar-refractivity contribution is -0.167. The highest BCUT2D eigenvalue weighted by Gasteiger charge is 2.19. The molecule has 0 aromatic rings. The molecule has 0 aliphatic carbocycles. The van der Waals surface area contributed by atoms with E-state index in [1.165, 1.54) is 116 Å². The monoisotopic (exact) mass is 1130 g/mol. The molecule has 0 spiro atoms. The minimum Gasteiger partial charge on any atom is -0.462 e. The fourth-order valence-corrected chi connectivity index (χ4v) is 9.06. The molecule has 0 heterocycles. The average molecular weight is 1130 g/mol. The second kappa shape index (κ2) is 68.8. The normalized spacial score (nSPS) is 13.1. The van der Waals surface area contributed by atoms with Gasteiger partial charge in [0.15, 0.2) is 6.10 Å². The first-order valence-corrected chi connectivity index (χ1v) is 33.8. The molecule has 0 aliphatic heterocycles. The highest BCUT2D eigenvalue weighted by Crippen LogP contribution is 2.16. The van der Waals surface area contributed by atoms with Gasteiger partial charge in [0, 0.05) is 19.3 Å². The number of hydrogen-bond acceptors (Lipinski definition) is 6. The summed E-state index contributed by atoms with van der Waals surface area (Å²) in [7, 11) is 0. The fourth-order valence-electron chi connectivity index (χ4n) is 9.06. The lowest BCUT2D eigenvalue weighted by Crippen LogP contribution is -2.30. The van der Waals surface area contributed by atoms with Gasteiger partial charge in [0.2, 0.25) is 0 Å². The van der Waals surface area contributed by atoms with E-state index >= 15 is 0 Å². The summed E-state index contributed by atoms with van der Waals surface area (Å²) in [6.45, 7) is 6.35. The van der Waals surface area contributed by atoms with E-state index in [4.69, 9.17) is 14.2 Å². The van der Waals surface area contributed by atoms with E-state index in [1.54, 1.807) is 0 Å². The van der Waals surface area contributed by atoms with E-state index in [0.29, 0.717) is 19.3 Å². The number of ether oxygens (including phenoxy) is 3. The first-order valence-electron chi connectivity index (χ1n) is 33.8. The molecule has 0 saturated carbocycles. The van der Waals surface area contributed by atoms with Crippen LogP contribution < -0.4 is 0 Å². The Kier molecular flexibility index (Phi) is 64.8. The molecule has 0 radical (unpaired) electrons. The average Bonchev–Trinajstić information content (AvgIpc) is 3.47. The van der Waals surface area contributed by atoms with Gasteiger partial charge in [-0.15, -0.1) is 0 Å². The molecule has 0 bridgehead atoms. The van der Waals surface area contributed by atoms with Gasteiger partial charge in [-0.3, -0.25) is 14.4 Å². The molecule has 1 unspecified atom stereocenters. The van der Waals surface area contributed by atoms with Crippen LogP contribution in [0.4, 0.5) is 0 Å². The Balaban J connectivity index is 4.31. The predicted molar refractivity (Wildman–Crippen MR) is 357 cm³/mol. The van der Waals surface area contributed by atoms with Crippen LogP contribution in [0.15, 0.2) is 146 Å². The Hall–Kier alpha value is -4.71. The predicted octanol–water partition coefficient (Wildman–Crippen LogP) is 23.5. The standard InChI is InChI=1S/C76H124O6/c1-4-7-10-13-16-19-22-25-27-29-31-33-34-35-36-37-38-39-40-41-42-44-45-47-49-51-54-57-60-63-66-69-75(78)81-72-73(71-80-74(77)68-65-62-59-56-53-24-21-18-15-12-9-6-3)82-76(79)70-67-64-61-58-55-52-50-48-46-43-32-30-28-26-23-20-17-14-11-8-5-2/h7-8,10-11,16-21,25-28,31-33,35-36,43,48,50,55,58,73H,4-6,9,12-15,22-24,29-30,34,37-42,44-47,49,51-54,56-57,59-72H2,1-3H3/b10-7-,11-8-,19-16-,20-17-,21-18-,27-25-,28-26-,33-31-,36-35-,43-32-,50-48-,58-55-. The van der Waals surface area contributed by atoms with Crippen LogP contribution in [0.5, 0.6) is 0 Å². The number of allylic oxidation sites excluding steroid dienone is 24. The van der Waals surface area contributed by atoms with Crippen LogP contribution >= 0.6 is 0 Å². The molecule has 0 amide bonds. The van der Waals surface area contributed by atoms with Crippen molar-refractivity contribution in [2.45, 2.75) is 303 Å². The van der Waals surface area contributed by atoms with Crippen LogP contribution in [-0.4, -0.2) is 37.2 Å². The lowest BCUT2D eigenvalue weighted by Gasteiger charge is -2.18. The van der Waals surface area contributed by atoms with Gasteiger partial charge in [0.1, 0.15) is 13.2 Å². The molecule has 0 fully saturated rings. The first kappa shape index (κ1) is 77.3. The molecular weight excluding hydrogens is 1010 g/mol. The third kappa shape index (κ3) is 66.1. The van der Waals surface area contributed by atoms with E-state index < -0.39 is 6.10 Å². The maximum Gasteiger partial charge on any atom is 0.306 e. The summed E-state index contributed by atoms with van der Waals surface area (Å²) in [6.07, 6.45) is 98.7. The molecule has 0 N–H and O–H groups in total. The van der Waals surface area contributed by atoms with Crippen molar-refractivity contribution < 1.29 is 28.6 Å². The topological polar surface area (TPSA) is 78.9 Å². The molecule has 1 atom stereocenters. The minimum absolute atomic E-state index is 0.101. The zero-order valence-electron chi connectivity index (χ0n) is 53.2. The number of esters is 3. The molecule has 464 valence electrons. The second-order valence-electron chi connectivity index (χ2n) is 22.0. The van der Waals surface area contributed by atoms with Crippen LogP contribution in [0.3, 0.4) is 0 Å². The van der Waals surface area contributed by atoms with Gasteiger partial charge in [-0.05, 0) is 141 Å². The van der Waals surface area contributed by atoms with Crippen molar-refractivity contribution in [1.82, 2.24) is 0 Å². The van der Waals surface area contributed by atoms with Crippen LogP contribution in [0.1, 0.15) is 297 Å². The van der Waals surface area contributed by atoms with E-state index in [-0.39, 0.29) is 37.5 Å². The Morgan fingerprint density at radius 1 is 0.256 bits per heavy atom. The Morgan fingerprint density at radius 3 is 0.780 bits per heavy atom. The van der Waals surface area contributed by atoms with Crippen molar-refractivity contribution in [1.29, 1.82) is 0 Å². The Bertz CT molecular complexity index is 1780. The molecule has 6 heteroatoms. The van der Waals surface area contributed by atoms with E-state index in [2.05, 4.69) is 167 Å². The van der Waals surface area contributed by atoms with Crippen molar-refractivity contribution in [2.24, 2.45) is 0 Å². The third-order valence-electron chi connectivity index (χ3n) is 14.1. The largest absolute Gasteiger partial charge is 0.462 e. The van der Waals surface area contributed by atoms with Crippen LogP contribution in [0.25, 0.3) is 0 Å². The smallest absolute Gasteiger partial charge is 0.306 e. The molecule has 0 aromatic carbocycles. The van der Waals surface area contributed by atoms with Gasteiger partial charge in [0.05, 0.1) is 0 Å². The number of carbonyl (C=O) groups excluding carboxylic acids is 3. The Labute approximate surface area is 506 Å². The quantitative estimate of drug-likeness (QED) is 0.0261. The zero-order chi connectivity index (χ0) is 59.2. The summed E-state index contributed by atoms with van der Waals surface area (Å²) in [5, 5.41) is 0. The first-order chi connectivity index (χ1) is 40.5. The number of rotatable bonds is 60. The summed E-state index contributed by atoms with van der Waals surface area (Å²) in [5.41, 5.74) is 0. The van der Waals surface area contributed by atoms with Gasteiger partial charge in [0.25, 0.3) is 0 Å². The van der Waals surface area contributed by atoms with Crippen molar-refractivity contribution in [3.8, 4) is 0 Å². The second-order valence-corrected chi connectivity index (χ2v) is 22.0. The molecular formula is C76H124O6. The summed E-state index contributed by atoms with van der Waals surface area (Å²) >= 11 is 0. The van der Waals surface area contributed by atoms with E-state index in [1.807, 2.05) is 0 Å². The number of hydrogen-bond donors (Lipinski definition) is 0. The summed E-state index contributed by atoms with van der Waals surface area (Å²) in [4.78, 5) is 38.3. The molecule has 0 aromatic heterocycles. The minimum atomic E-state index is -0.810. The van der Waals surface area contributed by atoms with Gasteiger partial charge in [-0.25, -0.2) is 0 Å². The summed E-state index contributed by atoms with van der Waals surface area (Å²) in [5.74, 6) is -0.952. The Morgan fingerprint density at radius 2 is 0.476 bits per heavy atom. The highest BCUT2D eigenvalue weighted by molar-refractivity contribution is 5.71. The van der Waals surface area contributed by atoms with Crippen LogP contribution in [0.2, 0.25) is 0 Å². The van der Waals surface area contributed by atoms with Crippen molar-refractivity contribution >= 4 is 17.9 Å². The van der Waals surface area contributed by atoms with Gasteiger partial charge >= 0.3 is 17.9 Å². The summed E-state index contributed by atoms with van der Waals surface area (Å²) in [6, 6.07) is 0. The van der Waals surface area contributed by atoms with Crippen molar-refractivity contribution in [2.75, 3.05) is 13.2 Å². The molecule has 0 aliphatic rings. The van der Waals surface area contributed by atoms with Crippen LogP contribution in [-0.2, 0) is 28.6 Å². The third-order valence-corrected chi connectivity index (χ3v) is 14.1. The zero-order valence-corrected chi connectivity index (χ0v) is 53.2. The maximum atomic E-state index is 12.9. The molecule has 82 heavy (non-hydrogen) atoms. The van der Waals surface area contributed by atoms with Crippen molar-refractivity contribution in [3.63, 3.8) is 0 Å². The summed E-state index contributed by atoms with van der Waals surface area (Å²) < 4.78 is 16.9. The lowest BCUT2D eigenvalue weighted by atomic mass is 10.0. The number of unbranched alkanes of at least 4 members (excludes halogenated alkanes) is 25. The van der Waals surface area contributed by atoms with Gasteiger partial charge in [-0.1, -0.05) is 282 Å².